The Bertz CT molecular complexity index is 907. The normalized spacial score (nSPS) is 19.4. The van der Waals surface area contributed by atoms with Crippen LogP contribution >= 0.6 is 0 Å². The summed E-state index contributed by atoms with van der Waals surface area (Å²) in [6.45, 7) is 7.10. The minimum absolute atomic E-state index is 0.174. The van der Waals surface area contributed by atoms with Gasteiger partial charge in [-0.3, -0.25) is 4.79 Å². The first-order chi connectivity index (χ1) is 15.5. The topological polar surface area (TPSA) is 60.9 Å². The molecule has 0 bridgehead atoms. The Hall–Kier alpha value is -1.65. The molecule has 1 amide bonds. The van der Waals surface area contributed by atoms with Gasteiger partial charge in [-0.15, -0.1) is 0 Å². The summed E-state index contributed by atoms with van der Waals surface area (Å²) in [4.78, 5) is 16.2. The molecule has 0 aliphatic carbocycles. The fourth-order valence-corrected chi connectivity index (χ4v) is 6.73. The summed E-state index contributed by atoms with van der Waals surface area (Å²) < 4.78 is 67.4. The summed E-state index contributed by atoms with van der Waals surface area (Å²) in [7, 11) is -4.09. The van der Waals surface area contributed by atoms with Crippen LogP contribution in [0.5, 0.6) is 0 Å². The molecule has 2 heterocycles. The van der Waals surface area contributed by atoms with E-state index in [1.165, 1.54) is 16.8 Å². The van der Waals surface area contributed by atoms with Gasteiger partial charge in [0.2, 0.25) is 15.9 Å². The van der Waals surface area contributed by atoms with Gasteiger partial charge in [0.15, 0.2) is 0 Å². The molecule has 2 saturated heterocycles. The van der Waals surface area contributed by atoms with Crippen molar-refractivity contribution >= 4 is 15.9 Å². The van der Waals surface area contributed by atoms with Crippen LogP contribution in [0.4, 0.5) is 13.2 Å². The third-order valence-corrected chi connectivity index (χ3v) is 8.64. The molecular weight excluding hydrogens is 455 g/mol. The molecule has 10 heteroatoms. The molecule has 33 heavy (non-hydrogen) atoms. The number of benzene rings is 1. The molecule has 1 aromatic carbocycles. The number of hydrogen-bond donors (Lipinski definition) is 0. The molecule has 0 unspecified atom stereocenters. The van der Waals surface area contributed by atoms with Crippen LogP contribution in [-0.4, -0.2) is 73.2 Å². The third kappa shape index (κ3) is 6.48. The van der Waals surface area contributed by atoms with Crippen molar-refractivity contribution in [3.63, 3.8) is 0 Å². The zero-order valence-corrected chi connectivity index (χ0v) is 20.2. The van der Waals surface area contributed by atoms with E-state index in [1.54, 1.807) is 13.8 Å². The number of piperidine rings is 2. The van der Waals surface area contributed by atoms with Gasteiger partial charge in [-0.2, -0.15) is 17.5 Å². The number of alkyl halides is 3. The van der Waals surface area contributed by atoms with Crippen LogP contribution in [0.3, 0.4) is 0 Å². The van der Waals surface area contributed by atoms with E-state index in [-0.39, 0.29) is 22.9 Å². The van der Waals surface area contributed by atoms with Crippen molar-refractivity contribution in [1.29, 1.82) is 0 Å². The number of hydrogen-bond acceptors (Lipinski definition) is 4. The highest BCUT2D eigenvalue weighted by atomic mass is 32.2. The molecule has 0 aromatic heterocycles. The maximum Gasteiger partial charge on any atom is 0.416 e. The van der Waals surface area contributed by atoms with Gasteiger partial charge in [0, 0.05) is 38.1 Å². The molecule has 0 spiro atoms. The van der Waals surface area contributed by atoms with Crippen molar-refractivity contribution < 1.29 is 26.4 Å². The maximum atomic E-state index is 13.3. The van der Waals surface area contributed by atoms with Crippen LogP contribution in [0.1, 0.15) is 57.9 Å². The largest absolute Gasteiger partial charge is 0.416 e. The van der Waals surface area contributed by atoms with E-state index in [4.69, 9.17) is 0 Å². The SMILES string of the molecule is CC(C)N(C1CCN(CCC(=O)N2CCCCC2)CC1)S(=O)(=O)c1cccc(C(F)(F)F)c1. The molecular formula is C23H34F3N3O3S. The Morgan fingerprint density at radius 2 is 1.73 bits per heavy atom. The second kappa shape index (κ2) is 10.7. The molecule has 2 aliphatic rings. The Morgan fingerprint density at radius 3 is 2.30 bits per heavy atom. The van der Waals surface area contributed by atoms with E-state index in [0.29, 0.717) is 45.0 Å². The van der Waals surface area contributed by atoms with Crippen LogP contribution in [0.15, 0.2) is 29.2 Å². The molecule has 1 aromatic rings. The van der Waals surface area contributed by atoms with Crippen molar-refractivity contribution in [1.82, 2.24) is 14.1 Å². The van der Waals surface area contributed by atoms with Gasteiger partial charge >= 0.3 is 6.18 Å². The highest BCUT2D eigenvalue weighted by Gasteiger charge is 2.37. The molecule has 0 saturated carbocycles. The summed E-state index contributed by atoms with van der Waals surface area (Å²) >= 11 is 0. The maximum absolute atomic E-state index is 13.3. The minimum Gasteiger partial charge on any atom is -0.343 e. The van der Waals surface area contributed by atoms with E-state index in [2.05, 4.69) is 4.90 Å². The van der Waals surface area contributed by atoms with Gasteiger partial charge in [0.25, 0.3) is 0 Å². The highest BCUT2D eigenvalue weighted by molar-refractivity contribution is 7.89. The quantitative estimate of drug-likeness (QED) is 0.582. The van der Waals surface area contributed by atoms with Crippen LogP contribution < -0.4 is 0 Å². The van der Waals surface area contributed by atoms with Gasteiger partial charge in [-0.25, -0.2) is 8.42 Å². The van der Waals surface area contributed by atoms with Crippen molar-refractivity contribution in [2.75, 3.05) is 32.7 Å². The standard InChI is InChI=1S/C23H34F3N3O3S/c1-18(2)29(33(31,32)21-8-6-7-19(17-21)23(24,25)26)20-9-14-27(15-10-20)16-11-22(30)28-12-4-3-5-13-28/h6-8,17-18,20H,3-5,9-16H2,1-2H3. The lowest BCUT2D eigenvalue weighted by Gasteiger charge is -2.40. The third-order valence-electron chi connectivity index (χ3n) is 6.51. The van der Waals surface area contributed by atoms with Gasteiger partial charge < -0.3 is 9.80 Å². The average molecular weight is 490 g/mol. The monoisotopic (exact) mass is 489 g/mol. The second-order valence-corrected chi connectivity index (χ2v) is 11.1. The molecule has 2 fully saturated rings. The van der Waals surface area contributed by atoms with Crippen LogP contribution in [0.25, 0.3) is 0 Å². The first-order valence-electron chi connectivity index (χ1n) is 11.7. The van der Waals surface area contributed by atoms with Crippen LogP contribution in [0.2, 0.25) is 0 Å². The highest BCUT2D eigenvalue weighted by Crippen LogP contribution is 2.33. The summed E-state index contributed by atoms with van der Waals surface area (Å²) in [5.41, 5.74) is -0.972. The number of amides is 1. The smallest absolute Gasteiger partial charge is 0.343 e. The van der Waals surface area contributed by atoms with Crippen LogP contribution in [0, 0.1) is 0 Å². The van der Waals surface area contributed by atoms with Crippen molar-refractivity contribution in [2.45, 2.75) is 75.5 Å². The Morgan fingerprint density at radius 1 is 1.09 bits per heavy atom. The predicted molar refractivity (Wildman–Crippen MR) is 120 cm³/mol. The number of halogens is 3. The summed E-state index contributed by atoms with van der Waals surface area (Å²) in [5.74, 6) is 0.174. The number of carbonyl (C=O) groups is 1. The lowest BCUT2D eigenvalue weighted by molar-refractivity contribution is -0.137. The molecule has 186 valence electrons. The molecule has 6 nitrogen and oxygen atoms in total. The number of nitrogens with zero attached hydrogens (tertiary/aromatic N) is 3. The Balaban J connectivity index is 1.62. The summed E-state index contributed by atoms with van der Waals surface area (Å²) in [5, 5.41) is 0. The molecule has 3 rings (SSSR count). The number of sulfonamides is 1. The van der Waals surface area contributed by atoms with Crippen molar-refractivity contribution in [2.24, 2.45) is 0 Å². The zero-order chi connectivity index (χ0) is 24.2. The van der Waals surface area contributed by atoms with Gasteiger partial charge in [-0.1, -0.05) is 6.07 Å². The summed E-state index contributed by atoms with van der Waals surface area (Å²) in [6, 6.07) is 3.27. The second-order valence-electron chi connectivity index (χ2n) is 9.22. The van der Waals surface area contributed by atoms with E-state index in [9.17, 15) is 26.4 Å². The van der Waals surface area contributed by atoms with Gasteiger partial charge in [0.1, 0.15) is 0 Å². The zero-order valence-electron chi connectivity index (χ0n) is 19.4. The minimum atomic E-state index is -4.61. The molecule has 0 N–H and O–H groups in total. The molecule has 0 atom stereocenters. The number of carbonyl (C=O) groups excluding carboxylic acids is 1. The first kappa shape index (κ1) is 26.0. The lowest BCUT2D eigenvalue weighted by atomic mass is 10.0. The molecule has 2 aliphatic heterocycles. The fraction of sp³-hybridized carbons (Fsp3) is 0.696. The Labute approximate surface area is 194 Å². The van der Waals surface area contributed by atoms with E-state index in [0.717, 1.165) is 38.1 Å². The first-order valence-corrected chi connectivity index (χ1v) is 13.1. The lowest BCUT2D eigenvalue weighted by Crippen LogP contribution is -2.50. The van der Waals surface area contributed by atoms with Gasteiger partial charge in [0.05, 0.1) is 10.5 Å². The van der Waals surface area contributed by atoms with Gasteiger partial charge in [-0.05, 0) is 77.2 Å². The number of likely N-dealkylation sites (tertiary alicyclic amines) is 2. The predicted octanol–water partition coefficient (Wildman–Crippen LogP) is 3.97. The Kier molecular flexibility index (Phi) is 8.45. The fourth-order valence-electron chi connectivity index (χ4n) is 4.80. The van der Waals surface area contributed by atoms with Crippen LogP contribution in [-0.2, 0) is 21.0 Å². The number of rotatable bonds is 7. The van der Waals surface area contributed by atoms with E-state index >= 15 is 0 Å². The van der Waals surface area contributed by atoms with Crippen molar-refractivity contribution in [3.8, 4) is 0 Å². The molecule has 0 radical (unpaired) electrons. The van der Waals surface area contributed by atoms with E-state index < -0.39 is 21.8 Å². The average Bonchev–Trinajstić information content (AvgIpc) is 2.78. The van der Waals surface area contributed by atoms with Crippen molar-refractivity contribution in [3.05, 3.63) is 29.8 Å². The summed E-state index contributed by atoms with van der Waals surface area (Å²) in [6.07, 6.45) is 0.299. The van der Waals surface area contributed by atoms with E-state index in [1.807, 2.05) is 4.90 Å².